The molecule has 1 aliphatic rings. The highest BCUT2D eigenvalue weighted by atomic mass is 32.2. The smallest absolute Gasteiger partial charge is 0.306 e. The summed E-state index contributed by atoms with van der Waals surface area (Å²) in [4.78, 5) is 24.9. The maximum absolute atomic E-state index is 12.4. The fourth-order valence-corrected chi connectivity index (χ4v) is 3.65. The molecule has 2 N–H and O–H groups in total. The molecule has 8 nitrogen and oxygen atoms in total. The van der Waals surface area contributed by atoms with Crippen LogP contribution in [0.5, 0.6) is 0 Å². The second kappa shape index (κ2) is 8.41. The summed E-state index contributed by atoms with van der Waals surface area (Å²) >= 11 is 0. The molecule has 1 aromatic rings. The number of carbonyl (C=O) groups is 2. The average molecular weight is 370 g/mol. The number of carbonyl (C=O) groups excluding carboxylic acids is 1. The Morgan fingerprint density at radius 1 is 1.32 bits per heavy atom. The van der Waals surface area contributed by atoms with Crippen molar-refractivity contribution in [1.29, 1.82) is 0 Å². The van der Waals surface area contributed by atoms with Gasteiger partial charge < -0.3 is 14.7 Å². The van der Waals surface area contributed by atoms with Gasteiger partial charge in [-0.05, 0) is 17.7 Å². The van der Waals surface area contributed by atoms with Gasteiger partial charge in [-0.2, -0.15) is 0 Å². The lowest BCUT2D eigenvalue weighted by atomic mass is 10.1. The fraction of sp³-hybridized carbons (Fsp3) is 0.500. The Labute approximate surface area is 146 Å². The summed E-state index contributed by atoms with van der Waals surface area (Å²) in [6.45, 7) is 2.98. The number of ether oxygens (including phenoxy) is 1. The molecule has 0 radical (unpaired) electrons. The van der Waals surface area contributed by atoms with Crippen LogP contribution in [0, 0.1) is 0 Å². The fourth-order valence-electron chi connectivity index (χ4n) is 2.61. The molecule has 1 aromatic carbocycles. The number of aliphatic carboxylic acids is 1. The SMILES string of the molecule is CCNS(=O)(=O)c1ccc(CC(=O)N2CCOC(CC(=O)O)C2)cc1. The Balaban J connectivity index is 1.97. The Bertz CT molecular complexity index is 717. The molecule has 0 aliphatic carbocycles. The number of nitrogens with one attached hydrogen (secondary N) is 1. The quantitative estimate of drug-likeness (QED) is 0.710. The zero-order chi connectivity index (χ0) is 18.4. The van der Waals surface area contributed by atoms with Crippen LogP contribution in [0.15, 0.2) is 29.2 Å². The number of hydrogen-bond acceptors (Lipinski definition) is 5. The summed E-state index contributed by atoms with van der Waals surface area (Å²) in [7, 11) is -3.51. The Kier molecular flexibility index (Phi) is 6.51. The van der Waals surface area contributed by atoms with Crippen molar-refractivity contribution >= 4 is 21.9 Å². The summed E-state index contributed by atoms with van der Waals surface area (Å²) in [6.07, 6.45) is -0.509. The zero-order valence-electron chi connectivity index (χ0n) is 14.0. The van der Waals surface area contributed by atoms with Crippen LogP contribution in [0.25, 0.3) is 0 Å². The van der Waals surface area contributed by atoms with Crippen molar-refractivity contribution in [3.8, 4) is 0 Å². The minimum absolute atomic E-state index is 0.126. The third-order valence-electron chi connectivity index (χ3n) is 3.82. The van der Waals surface area contributed by atoms with E-state index in [1.165, 1.54) is 12.1 Å². The minimum Gasteiger partial charge on any atom is -0.481 e. The predicted octanol–water partition coefficient (Wildman–Crippen LogP) is 0.229. The Morgan fingerprint density at radius 2 is 2.00 bits per heavy atom. The molecule has 1 atom stereocenters. The highest BCUT2D eigenvalue weighted by molar-refractivity contribution is 7.89. The number of carboxylic acids is 1. The van der Waals surface area contributed by atoms with Crippen molar-refractivity contribution < 1.29 is 27.9 Å². The molecule has 0 spiro atoms. The first kappa shape index (κ1) is 19.4. The van der Waals surface area contributed by atoms with Crippen LogP contribution in [0.3, 0.4) is 0 Å². The number of morpholine rings is 1. The van der Waals surface area contributed by atoms with Crippen molar-refractivity contribution in [2.45, 2.75) is 30.8 Å². The molecule has 138 valence electrons. The number of sulfonamides is 1. The lowest BCUT2D eigenvalue weighted by Gasteiger charge is -2.32. The number of hydrogen-bond donors (Lipinski definition) is 2. The van der Waals surface area contributed by atoms with Crippen LogP contribution in [0.4, 0.5) is 0 Å². The van der Waals surface area contributed by atoms with E-state index < -0.39 is 22.1 Å². The maximum Gasteiger partial charge on any atom is 0.306 e. The maximum atomic E-state index is 12.4. The number of rotatable bonds is 7. The van der Waals surface area contributed by atoms with E-state index in [0.717, 1.165) is 0 Å². The summed E-state index contributed by atoms with van der Waals surface area (Å²) in [6, 6.07) is 6.15. The first-order valence-electron chi connectivity index (χ1n) is 8.01. The highest BCUT2D eigenvalue weighted by Crippen LogP contribution is 2.14. The molecule has 0 saturated carbocycles. The van der Waals surface area contributed by atoms with Crippen molar-refractivity contribution in [2.24, 2.45) is 0 Å². The molecule has 0 bridgehead atoms. The van der Waals surface area contributed by atoms with E-state index in [9.17, 15) is 18.0 Å². The lowest BCUT2D eigenvalue weighted by molar-refractivity contribution is -0.147. The summed E-state index contributed by atoms with van der Waals surface area (Å²) in [5, 5.41) is 8.82. The molecule has 1 unspecified atom stereocenters. The van der Waals surface area contributed by atoms with E-state index >= 15 is 0 Å². The van der Waals surface area contributed by atoms with Crippen LogP contribution >= 0.6 is 0 Å². The first-order valence-corrected chi connectivity index (χ1v) is 9.50. The van der Waals surface area contributed by atoms with Crippen LogP contribution in [-0.2, 0) is 30.8 Å². The normalized spacial score (nSPS) is 18.1. The van der Waals surface area contributed by atoms with Gasteiger partial charge in [0.25, 0.3) is 0 Å². The van der Waals surface area contributed by atoms with Gasteiger partial charge in [0.1, 0.15) is 0 Å². The molecule has 1 heterocycles. The number of carboxylic acid groups (broad SMARTS) is 1. The molecule has 0 aromatic heterocycles. The second-order valence-corrected chi connectivity index (χ2v) is 7.52. The van der Waals surface area contributed by atoms with E-state index in [1.807, 2.05) is 0 Å². The summed E-state index contributed by atoms with van der Waals surface area (Å²) in [5.41, 5.74) is 0.696. The van der Waals surface area contributed by atoms with Crippen LogP contribution < -0.4 is 4.72 Å². The van der Waals surface area contributed by atoms with Gasteiger partial charge in [0.05, 0.1) is 30.4 Å². The molecule has 25 heavy (non-hydrogen) atoms. The summed E-state index contributed by atoms with van der Waals surface area (Å²) in [5.74, 6) is -1.10. The molecule has 1 amide bonds. The molecule has 2 rings (SSSR count). The molecule has 9 heteroatoms. The number of nitrogens with zero attached hydrogens (tertiary/aromatic N) is 1. The van der Waals surface area contributed by atoms with Gasteiger partial charge in [0.2, 0.25) is 15.9 Å². The van der Waals surface area contributed by atoms with Crippen LogP contribution in [0.1, 0.15) is 18.9 Å². The molecule has 1 aliphatic heterocycles. The van der Waals surface area contributed by atoms with E-state index in [-0.39, 0.29) is 30.2 Å². The minimum atomic E-state index is -3.51. The van der Waals surface area contributed by atoms with E-state index in [4.69, 9.17) is 9.84 Å². The number of benzene rings is 1. The Hall–Kier alpha value is -1.97. The monoisotopic (exact) mass is 370 g/mol. The third kappa shape index (κ3) is 5.52. The van der Waals surface area contributed by atoms with Crippen LogP contribution in [-0.4, -0.2) is 62.6 Å². The van der Waals surface area contributed by atoms with Gasteiger partial charge in [0, 0.05) is 19.6 Å². The van der Waals surface area contributed by atoms with Crippen molar-refractivity contribution in [3.05, 3.63) is 29.8 Å². The van der Waals surface area contributed by atoms with Crippen LogP contribution in [0.2, 0.25) is 0 Å². The lowest BCUT2D eigenvalue weighted by Crippen LogP contribution is -2.46. The van der Waals surface area contributed by atoms with Gasteiger partial charge >= 0.3 is 5.97 Å². The molecule has 1 saturated heterocycles. The predicted molar refractivity (Wildman–Crippen MR) is 89.6 cm³/mol. The molecular formula is C16H22N2O6S. The van der Waals surface area contributed by atoms with E-state index in [1.54, 1.807) is 24.0 Å². The molecular weight excluding hydrogens is 348 g/mol. The van der Waals surface area contributed by atoms with Gasteiger partial charge in [0.15, 0.2) is 0 Å². The average Bonchev–Trinajstić information content (AvgIpc) is 2.55. The highest BCUT2D eigenvalue weighted by Gasteiger charge is 2.26. The van der Waals surface area contributed by atoms with E-state index in [2.05, 4.69) is 4.72 Å². The molecule has 1 fully saturated rings. The topological polar surface area (TPSA) is 113 Å². The van der Waals surface area contributed by atoms with Crippen molar-refractivity contribution in [2.75, 3.05) is 26.2 Å². The Morgan fingerprint density at radius 3 is 2.60 bits per heavy atom. The largest absolute Gasteiger partial charge is 0.481 e. The number of amides is 1. The van der Waals surface area contributed by atoms with E-state index in [0.29, 0.717) is 25.3 Å². The third-order valence-corrected chi connectivity index (χ3v) is 5.38. The van der Waals surface area contributed by atoms with Crippen molar-refractivity contribution in [3.63, 3.8) is 0 Å². The zero-order valence-corrected chi connectivity index (χ0v) is 14.8. The first-order chi connectivity index (χ1) is 11.8. The summed E-state index contributed by atoms with van der Waals surface area (Å²) < 4.78 is 31.5. The van der Waals surface area contributed by atoms with Gasteiger partial charge in [-0.1, -0.05) is 19.1 Å². The second-order valence-electron chi connectivity index (χ2n) is 5.75. The standard InChI is InChI=1S/C16H22N2O6S/c1-2-17-25(22,23)14-5-3-12(4-6-14)9-15(19)18-7-8-24-13(11-18)10-16(20)21/h3-6,13,17H,2,7-11H2,1H3,(H,20,21). The van der Waals surface area contributed by atoms with Gasteiger partial charge in [-0.25, -0.2) is 13.1 Å². The van der Waals surface area contributed by atoms with Gasteiger partial charge in [-0.3, -0.25) is 9.59 Å². The van der Waals surface area contributed by atoms with Gasteiger partial charge in [-0.15, -0.1) is 0 Å². The van der Waals surface area contributed by atoms with Crippen molar-refractivity contribution in [1.82, 2.24) is 9.62 Å².